The number of nitrogens with zero attached hydrogens (tertiary/aromatic N) is 4. The number of carbonyl (C=O) groups excluding carboxylic acids is 1. The molecule has 2 amide bonds. The van der Waals surface area contributed by atoms with Gasteiger partial charge >= 0.3 is 12.0 Å². The number of hydrogen-bond acceptors (Lipinski definition) is 5. The van der Waals surface area contributed by atoms with Crippen LogP contribution in [0.2, 0.25) is 0 Å². The highest BCUT2D eigenvalue weighted by Gasteiger charge is 2.28. The number of likely N-dealkylation sites (tertiary alicyclic amines) is 1. The summed E-state index contributed by atoms with van der Waals surface area (Å²) in [4.78, 5) is 35.1. The number of nitrogens with one attached hydrogen (secondary N) is 1. The Balaban J connectivity index is 2.07. The van der Waals surface area contributed by atoms with Crippen molar-refractivity contribution < 1.29 is 14.7 Å². The molecule has 0 bridgehead atoms. The number of aryl methyl sites for hydroxylation is 1. The van der Waals surface area contributed by atoms with Crippen LogP contribution in [0.5, 0.6) is 0 Å². The fraction of sp³-hybridized carbons (Fsp3) is 0.571. The van der Waals surface area contributed by atoms with Crippen molar-refractivity contribution in [3.63, 3.8) is 0 Å². The number of urea groups is 1. The predicted octanol–water partition coefficient (Wildman–Crippen LogP) is 1.18. The second kappa shape index (κ2) is 6.59. The molecule has 1 aromatic heterocycles. The van der Waals surface area contributed by atoms with Crippen LogP contribution < -0.4 is 10.2 Å². The maximum absolute atomic E-state index is 12.3. The van der Waals surface area contributed by atoms with E-state index in [0.717, 1.165) is 5.69 Å². The maximum Gasteiger partial charge on any atom is 0.324 e. The van der Waals surface area contributed by atoms with Crippen molar-refractivity contribution in [2.45, 2.75) is 19.8 Å². The molecule has 1 atom stereocenters. The summed E-state index contributed by atoms with van der Waals surface area (Å²) < 4.78 is 0. The topological polar surface area (TPSA) is 98.7 Å². The average molecular weight is 307 g/mol. The van der Waals surface area contributed by atoms with Crippen LogP contribution in [-0.2, 0) is 4.79 Å². The molecule has 0 aromatic carbocycles. The van der Waals surface area contributed by atoms with Gasteiger partial charge in [-0.25, -0.2) is 9.78 Å². The molecule has 8 heteroatoms. The molecule has 22 heavy (non-hydrogen) atoms. The van der Waals surface area contributed by atoms with Crippen molar-refractivity contribution in [2.24, 2.45) is 5.92 Å². The van der Waals surface area contributed by atoms with Gasteiger partial charge < -0.3 is 14.9 Å². The Morgan fingerprint density at radius 1 is 1.41 bits per heavy atom. The van der Waals surface area contributed by atoms with E-state index in [2.05, 4.69) is 15.3 Å². The third-order valence-corrected chi connectivity index (χ3v) is 3.58. The Morgan fingerprint density at radius 2 is 2.14 bits per heavy atom. The van der Waals surface area contributed by atoms with Gasteiger partial charge in [-0.1, -0.05) is 0 Å². The number of hydrogen-bond donors (Lipinski definition) is 2. The largest absolute Gasteiger partial charge is 0.481 e. The summed E-state index contributed by atoms with van der Waals surface area (Å²) in [6, 6.07) is 1.46. The van der Waals surface area contributed by atoms with Gasteiger partial charge in [-0.15, -0.1) is 0 Å². The Bertz CT molecular complexity index is 576. The van der Waals surface area contributed by atoms with Crippen molar-refractivity contribution in [2.75, 3.05) is 37.4 Å². The first kappa shape index (κ1) is 16.0. The second-order valence-corrected chi connectivity index (χ2v) is 5.64. The molecule has 1 saturated heterocycles. The van der Waals surface area contributed by atoms with Crippen molar-refractivity contribution in [3.8, 4) is 0 Å². The number of aromatic nitrogens is 2. The van der Waals surface area contributed by atoms with E-state index in [0.29, 0.717) is 25.2 Å². The fourth-order valence-corrected chi connectivity index (χ4v) is 2.37. The number of rotatable bonds is 3. The minimum absolute atomic E-state index is 0.216. The molecule has 1 aliphatic rings. The highest BCUT2D eigenvalue weighted by Crippen LogP contribution is 2.18. The Kier molecular flexibility index (Phi) is 4.79. The minimum Gasteiger partial charge on any atom is -0.481 e. The highest BCUT2D eigenvalue weighted by molar-refractivity contribution is 5.88. The van der Waals surface area contributed by atoms with Crippen LogP contribution in [0, 0.1) is 12.8 Å². The zero-order chi connectivity index (χ0) is 16.3. The molecular formula is C14H21N5O3. The molecule has 0 spiro atoms. The van der Waals surface area contributed by atoms with Crippen LogP contribution >= 0.6 is 0 Å². The summed E-state index contributed by atoms with van der Waals surface area (Å²) in [6.07, 6.45) is 1.28. The number of carboxylic acids is 1. The van der Waals surface area contributed by atoms with Gasteiger partial charge in [-0.05, 0) is 19.8 Å². The van der Waals surface area contributed by atoms with Gasteiger partial charge in [0.25, 0.3) is 0 Å². The standard InChI is InChI=1S/C14H21N5O3/c1-9-7-11(18(2)3)16-13(15-9)17-14(22)19-6-4-5-10(8-19)12(20)21/h7,10H,4-6,8H2,1-3H3,(H,20,21)(H,15,16,17,22). The van der Waals surface area contributed by atoms with E-state index in [-0.39, 0.29) is 18.5 Å². The maximum atomic E-state index is 12.3. The van der Waals surface area contributed by atoms with Gasteiger partial charge in [0.05, 0.1) is 5.92 Å². The summed E-state index contributed by atoms with van der Waals surface area (Å²) in [7, 11) is 3.71. The molecule has 1 fully saturated rings. The minimum atomic E-state index is -0.862. The summed E-state index contributed by atoms with van der Waals surface area (Å²) in [5, 5.41) is 11.7. The number of amides is 2. The highest BCUT2D eigenvalue weighted by atomic mass is 16.4. The van der Waals surface area contributed by atoms with E-state index in [9.17, 15) is 9.59 Å². The van der Waals surface area contributed by atoms with Gasteiger partial charge in [0, 0.05) is 38.9 Å². The molecule has 1 aliphatic heterocycles. The normalized spacial score (nSPS) is 18.0. The lowest BCUT2D eigenvalue weighted by Crippen LogP contribution is -2.44. The first-order valence-electron chi connectivity index (χ1n) is 7.18. The van der Waals surface area contributed by atoms with Crippen molar-refractivity contribution in [1.29, 1.82) is 0 Å². The first-order chi connectivity index (χ1) is 10.4. The molecule has 1 unspecified atom stereocenters. The fourth-order valence-electron chi connectivity index (χ4n) is 2.37. The van der Waals surface area contributed by atoms with Crippen LogP contribution in [0.15, 0.2) is 6.07 Å². The van der Waals surface area contributed by atoms with E-state index >= 15 is 0 Å². The SMILES string of the molecule is Cc1cc(N(C)C)nc(NC(=O)N2CCCC(C(=O)O)C2)n1. The zero-order valence-corrected chi connectivity index (χ0v) is 13.0. The summed E-state index contributed by atoms with van der Waals surface area (Å²) in [5.41, 5.74) is 0.746. The van der Waals surface area contributed by atoms with Gasteiger partial charge in [-0.2, -0.15) is 4.98 Å². The summed E-state index contributed by atoms with van der Waals surface area (Å²) in [5.74, 6) is -0.439. The number of carbonyl (C=O) groups is 2. The molecule has 0 aliphatic carbocycles. The van der Waals surface area contributed by atoms with E-state index in [1.807, 2.05) is 32.0 Å². The summed E-state index contributed by atoms with van der Waals surface area (Å²) >= 11 is 0. The smallest absolute Gasteiger partial charge is 0.324 e. The van der Waals surface area contributed by atoms with Crippen LogP contribution in [0.3, 0.4) is 0 Å². The van der Waals surface area contributed by atoms with Gasteiger partial charge in [0.2, 0.25) is 5.95 Å². The van der Waals surface area contributed by atoms with Crippen LogP contribution in [0.4, 0.5) is 16.6 Å². The third-order valence-electron chi connectivity index (χ3n) is 3.58. The molecular weight excluding hydrogens is 286 g/mol. The average Bonchev–Trinajstić information content (AvgIpc) is 2.46. The van der Waals surface area contributed by atoms with Gasteiger partial charge in [0.1, 0.15) is 5.82 Å². The van der Waals surface area contributed by atoms with Crippen molar-refractivity contribution in [3.05, 3.63) is 11.8 Å². The molecule has 2 rings (SSSR count). The first-order valence-corrected chi connectivity index (χ1v) is 7.18. The second-order valence-electron chi connectivity index (χ2n) is 5.64. The van der Waals surface area contributed by atoms with Crippen LogP contribution in [-0.4, -0.2) is 59.2 Å². The lowest BCUT2D eigenvalue weighted by molar-refractivity contribution is -0.143. The van der Waals surface area contributed by atoms with Crippen molar-refractivity contribution in [1.82, 2.24) is 14.9 Å². The van der Waals surface area contributed by atoms with Gasteiger partial charge in [-0.3, -0.25) is 10.1 Å². The quantitative estimate of drug-likeness (QED) is 0.870. The number of anilines is 2. The Hall–Kier alpha value is -2.38. The van der Waals surface area contributed by atoms with E-state index in [4.69, 9.17) is 5.11 Å². The van der Waals surface area contributed by atoms with E-state index in [1.165, 1.54) is 4.90 Å². The van der Waals surface area contributed by atoms with Crippen LogP contribution in [0.1, 0.15) is 18.5 Å². The monoisotopic (exact) mass is 307 g/mol. The molecule has 8 nitrogen and oxygen atoms in total. The van der Waals surface area contributed by atoms with E-state index < -0.39 is 11.9 Å². The molecule has 0 saturated carbocycles. The lowest BCUT2D eigenvalue weighted by Gasteiger charge is -2.30. The van der Waals surface area contributed by atoms with Crippen LogP contribution in [0.25, 0.3) is 0 Å². The number of carboxylic acid groups (broad SMARTS) is 1. The third kappa shape index (κ3) is 3.84. The lowest BCUT2D eigenvalue weighted by atomic mass is 9.99. The Labute approximate surface area is 129 Å². The Morgan fingerprint density at radius 3 is 2.77 bits per heavy atom. The van der Waals surface area contributed by atoms with E-state index in [1.54, 1.807) is 0 Å². The molecule has 2 heterocycles. The predicted molar refractivity (Wildman–Crippen MR) is 82.0 cm³/mol. The molecule has 2 N–H and O–H groups in total. The van der Waals surface area contributed by atoms with Crippen molar-refractivity contribution >= 4 is 23.8 Å². The molecule has 120 valence electrons. The summed E-state index contributed by atoms with van der Waals surface area (Å²) in [6.45, 7) is 2.58. The molecule has 1 aromatic rings. The molecule has 0 radical (unpaired) electrons. The number of piperidine rings is 1. The zero-order valence-electron chi connectivity index (χ0n) is 13.0. The van der Waals surface area contributed by atoms with Gasteiger partial charge in [0.15, 0.2) is 0 Å². The number of aliphatic carboxylic acids is 1.